The van der Waals surface area contributed by atoms with Gasteiger partial charge in [0.05, 0.1) is 12.7 Å². The SMILES string of the molecule is COc1ccc(C(=O)N2CCC(NC(=O)C3CC3)CC2)c(O)c1. The summed E-state index contributed by atoms with van der Waals surface area (Å²) in [5.41, 5.74) is 0.284. The maximum absolute atomic E-state index is 12.5. The first-order valence-electron chi connectivity index (χ1n) is 8.05. The van der Waals surface area contributed by atoms with Gasteiger partial charge in [-0.1, -0.05) is 0 Å². The average Bonchev–Trinajstić information content (AvgIpc) is 3.40. The van der Waals surface area contributed by atoms with E-state index in [1.807, 2.05) is 0 Å². The summed E-state index contributed by atoms with van der Waals surface area (Å²) in [6, 6.07) is 4.83. The van der Waals surface area contributed by atoms with Gasteiger partial charge in [-0.25, -0.2) is 0 Å². The number of likely N-dealkylation sites (tertiary alicyclic amines) is 1. The normalized spacial score (nSPS) is 18.6. The monoisotopic (exact) mass is 318 g/mol. The molecule has 1 aliphatic heterocycles. The molecule has 1 saturated heterocycles. The summed E-state index contributed by atoms with van der Waals surface area (Å²) in [6.07, 6.45) is 3.50. The number of rotatable bonds is 4. The molecule has 23 heavy (non-hydrogen) atoms. The number of hydrogen-bond acceptors (Lipinski definition) is 4. The van der Waals surface area contributed by atoms with Gasteiger partial charge in [0.25, 0.3) is 5.91 Å². The summed E-state index contributed by atoms with van der Waals surface area (Å²) in [6.45, 7) is 1.17. The van der Waals surface area contributed by atoms with Crippen molar-refractivity contribution in [2.24, 2.45) is 5.92 Å². The molecule has 0 spiro atoms. The number of carbonyl (C=O) groups is 2. The van der Waals surface area contributed by atoms with Crippen LogP contribution in [0.25, 0.3) is 0 Å². The standard InChI is InChI=1S/C17H22N2O4/c1-23-13-4-5-14(15(20)10-13)17(22)19-8-6-12(7-9-19)18-16(21)11-2-3-11/h4-5,10-12,20H,2-3,6-9H2,1H3,(H,18,21). The zero-order valence-corrected chi connectivity index (χ0v) is 13.2. The van der Waals surface area contributed by atoms with Gasteiger partial charge >= 0.3 is 0 Å². The van der Waals surface area contributed by atoms with Crippen molar-refractivity contribution in [1.82, 2.24) is 10.2 Å². The molecule has 6 nitrogen and oxygen atoms in total. The maximum atomic E-state index is 12.5. The molecule has 1 saturated carbocycles. The molecule has 0 radical (unpaired) electrons. The van der Waals surface area contributed by atoms with Crippen molar-refractivity contribution in [3.8, 4) is 11.5 Å². The molecule has 1 aromatic rings. The van der Waals surface area contributed by atoms with Gasteiger partial charge in [-0.15, -0.1) is 0 Å². The van der Waals surface area contributed by atoms with E-state index < -0.39 is 0 Å². The first kappa shape index (κ1) is 15.6. The molecule has 1 heterocycles. The van der Waals surface area contributed by atoms with E-state index in [1.165, 1.54) is 13.2 Å². The minimum atomic E-state index is -0.183. The maximum Gasteiger partial charge on any atom is 0.257 e. The second-order valence-corrected chi connectivity index (χ2v) is 6.23. The number of phenolic OH excluding ortho intramolecular Hbond substituents is 1. The molecule has 1 aromatic carbocycles. The van der Waals surface area contributed by atoms with Gasteiger partial charge in [-0.05, 0) is 37.8 Å². The van der Waals surface area contributed by atoms with E-state index in [0.29, 0.717) is 18.8 Å². The lowest BCUT2D eigenvalue weighted by molar-refractivity contribution is -0.123. The van der Waals surface area contributed by atoms with Crippen molar-refractivity contribution >= 4 is 11.8 Å². The quantitative estimate of drug-likeness (QED) is 0.882. The first-order chi connectivity index (χ1) is 11.1. The van der Waals surface area contributed by atoms with Crippen molar-refractivity contribution < 1.29 is 19.4 Å². The zero-order chi connectivity index (χ0) is 16.4. The van der Waals surface area contributed by atoms with E-state index in [-0.39, 0.29) is 35.1 Å². The van der Waals surface area contributed by atoms with E-state index in [9.17, 15) is 14.7 Å². The Hall–Kier alpha value is -2.24. The van der Waals surface area contributed by atoms with Gasteiger partial charge in [-0.2, -0.15) is 0 Å². The van der Waals surface area contributed by atoms with E-state index in [0.717, 1.165) is 25.7 Å². The van der Waals surface area contributed by atoms with Crippen LogP contribution in [0.4, 0.5) is 0 Å². The Balaban J connectivity index is 1.56. The van der Waals surface area contributed by atoms with Gasteiger partial charge in [0, 0.05) is 31.1 Å². The summed E-state index contributed by atoms with van der Waals surface area (Å²) in [4.78, 5) is 26.0. The molecule has 2 aliphatic rings. The summed E-state index contributed by atoms with van der Waals surface area (Å²) < 4.78 is 5.03. The van der Waals surface area contributed by atoms with Gasteiger partial charge in [-0.3, -0.25) is 9.59 Å². The van der Waals surface area contributed by atoms with Crippen molar-refractivity contribution in [3.63, 3.8) is 0 Å². The third kappa shape index (κ3) is 3.57. The van der Waals surface area contributed by atoms with Crippen molar-refractivity contribution in [3.05, 3.63) is 23.8 Å². The van der Waals surface area contributed by atoms with Crippen LogP contribution in [-0.4, -0.2) is 48.1 Å². The molecule has 6 heteroatoms. The Labute approximate surface area is 135 Å². The van der Waals surface area contributed by atoms with Crippen LogP contribution in [0.1, 0.15) is 36.0 Å². The average molecular weight is 318 g/mol. The number of phenols is 1. The van der Waals surface area contributed by atoms with Crippen molar-refractivity contribution in [2.75, 3.05) is 20.2 Å². The first-order valence-corrected chi connectivity index (χ1v) is 8.05. The van der Waals surface area contributed by atoms with Crippen LogP contribution in [0.5, 0.6) is 11.5 Å². The number of carbonyl (C=O) groups excluding carboxylic acids is 2. The number of ether oxygens (including phenoxy) is 1. The van der Waals surface area contributed by atoms with Crippen LogP contribution in [0.15, 0.2) is 18.2 Å². The molecule has 0 aromatic heterocycles. The lowest BCUT2D eigenvalue weighted by Crippen LogP contribution is -2.46. The number of aromatic hydroxyl groups is 1. The number of amides is 2. The largest absolute Gasteiger partial charge is 0.507 e. The molecular weight excluding hydrogens is 296 g/mol. The van der Waals surface area contributed by atoms with Gasteiger partial charge < -0.3 is 20.1 Å². The Morgan fingerprint density at radius 3 is 2.48 bits per heavy atom. The Morgan fingerprint density at radius 1 is 1.22 bits per heavy atom. The zero-order valence-electron chi connectivity index (χ0n) is 13.2. The van der Waals surface area contributed by atoms with E-state index in [2.05, 4.69) is 5.32 Å². The number of piperidine rings is 1. The molecule has 0 atom stereocenters. The third-order valence-electron chi connectivity index (χ3n) is 4.51. The van der Waals surface area contributed by atoms with Gasteiger partial charge in [0.1, 0.15) is 11.5 Å². The minimum Gasteiger partial charge on any atom is -0.507 e. The van der Waals surface area contributed by atoms with Crippen LogP contribution in [0, 0.1) is 5.92 Å². The van der Waals surface area contributed by atoms with Crippen LogP contribution in [0.2, 0.25) is 0 Å². The molecule has 2 N–H and O–H groups in total. The fourth-order valence-electron chi connectivity index (χ4n) is 2.88. The highest BCUT2D eigenvalue weighted by molar-refractivity contribution is 5.97. The third-order valence-corrected chi connectivity index (χ3v) is 4.51. The van der Waals surface area contributed by atoms with Crippen molar-refractivity contribution in [2.45, 2.75) is 31.7 Å². The number of nitrogens with zero attached hydrogens (tertiary/aromatic N) is 1. The molecule has 2 fully saturated rings. The summed E-state index contributed by atoms with van der Waals surface area (Å²) in [7, 11) is 1.51. The van der Waals surface area contributed by atoms with Crippen LogP contribution < -0.4 is 10.1 Å². The Bertz CT molecular complexity index is 605. The van der Waals surface area contributed by atoms with Crippen LogP contribution in [-0.2, 0) is 4.79 Å². The van der Waals surface area contributed by atoms with E-state index >= 15 is 0 Å². The summed E-state index contributed by atoms with van der Waals surface area (Å²) >= 11 is 0. The molecular formula is C17H22N2O4. The van der Waals surface area contributed by atoms with Gasteiger partial charge in [0.2, 0.25) is 5.91 Å². The van der Waals surface area contributed by atoms with E-state index in [4.69, 9.17) is 4.74 Å². The molecule has 0 unspecified atom stereocenters. The number of nitrogens with one attached hydrogen (secondary N) is 1. The predicted octanol–water partition coefficient (Wildman–Crippen LogP) is 1.53. The highest BCUT2D eigenvalue weighted by atomic mass is 16.5. The van der Waals surface area contributed by atoms with E-state index in [1.54, 1.807) is 17.0 Å². The number of benzene rings is 1. The van der Waals surface area contributed by atoms with Crippen molar-refractivity contribution in [1.29, 1.82) is 0 Å². The second-order valence-electron chi connectivity index (χ2n) is 6.23. The number of methoxy groups -OCH3 is 1. The highest BCUT2D eigenvalue weighted by Crippen LogP contribution is 2.29. The van der Waals surface area contributed by atoms with Gasteiger partial charge in [0.15, 0.2) is 0 Å². The molecule has 0 bridgehead atoms. The summed E-state index contributed by atoms with van der Waals surface area (Å²) in [5, 5.41) is 13.0. The van der Waals surface area contributed by atoms with Crippen LogP contribution >= 0.6 is 0 Å². The Kier molecular flexibility index (Phi) is 4.41. The lowest BCUT2D eigenvalue weighted by atomic mass is 10.0. The molecule has 3 rings (SSSR count). The number of hydrogen-bond donors (Lipinski definition) is 2. The Morgan fingerprint density at radius 2 is 1.91 bits per heavy atom. The fraction of sp³-hybridized carbons (Fsp3) is 0.529. The summed E-state index contributed by atoms with van der Waals surface area (Å²) in [5.74, 6) is 0.629. The lowest BCUT2D eigenvalue weighted by Gasteiger charge is -2.32. The minimum absolute atomic E-state index is 0.0708. The second kappa shape index (κ2) is 6.48. The fourth-order valence-corrected chi connectivity index (χ4v) is 2.88. The molecule has 124 valence electrons. The predicted molar refractivity (Wildman–Crippen MR) is 84.5 cm³/mol. The highest BCUT2D eigenvalue weighted by Gasteiger charge is 2.32. The van der Waals surface area contributed by atoms with Crippen LogP contribution in [0.3, 0.4) is 0 Å². The smallest absolute Gasteiger partial charge is 0.257 e. The molecule has 1 aliphatic carbocycles. The topological polar surface area (TPSA) is 78.9 Å². The molecule has 2 amide bonds.